The number of carbonyl (C=O) groups is 2. The molecular formula is C21H24ClN3O5S. The van der Waals surface area contributed by atoms with Gasteiger partial charge in [0, 0.05) is 29.5 Å². The van der Waals surface area contributed by atoms with Gasteiger partial charge in [-0.25, -0.2) is 13.2 Å². The molecule has 1 amide bonds. The zero-order valence-electron chi connectivity index (χ0n) is 17.1. The topological polar surface area (TPSA) is 119 Å². The molecule has 10 heteroatoms. The summed E-state index contributed by atoms with van der Waals surface area (Å²) in [5, 5.41) is 2.87. The molecule has 1 fully saturated rings. The third kappa shape index (κ3) is 5.55. The summed E-state index contributed by atoms with van der Waals surface area (Å²) in [6.07, 6.45) is 2.68. The van der Waals surface area contributed by atoms with Crippen molar-refractivity contribution in [1.29, 1.82) is 0 Å². The fourth-order valence-corrected chi connectivity index (χ4v) is 5.25. The fourth-order valence-electron chi connectivity index (χ4n) is 3.31. The van der Waals surface area contributed by atoms with Crippen LogP contribution in [0.5, 0.6) is 0 Å². The van der Waals surface area contributed by atoms with Crippen LogP contribution in [0.25, 0.3) is 0 Å². The highest BCUT2D eigenvalue weighted by molar-refractivity contribution is 7.89. The van der Waals surface area contributed by atoms with Crippen molar-refractivity contribution in [3.05, 3.63) is 52.5 Å². The molecule has 2 aromatic rings. The van der Waals surface area contributed by atoms with Gasteiger partial charge in [0.15, 0.2) is 6.61 Å². The monoisotopic (exact) mass is 465 g/mol. The maximum atomic E-state index is 13.0. The lowest BCUT2D eigenvalue weighted by Crippen LogP contribution is -2.36. The number of halogens is 1. The van der Waals surface area contributed by atoms with E-state index in [1.807, 2.05) is 0 Å². The molecule has 0 atom stereocenters. The van der Waals surface area contributed by atoms with Gasteiger partial charge < -0.3 is 15.8 Å². The second-order valence-corrected chi connectivity index (χ2v) is 9.64. The molecule has 0 radical (unpaired) electrons. The number of anilines is 2. The molecule has 166 valence electrons. The maximum absolute atomic E-state index is 13.0. The molecule has 0 bridgehead atoms. The van der Waals surface area contributed by atoms with Crippen molar-refractivity contribution in [2.75, 3.05) is 30.7 Å². The number of rotatable bonds is 6. The number of nitrogens with zero attached hydrogens (tertiary/aromatic N) is 1. The Balaban J connectivity index is 1.67. The molecule has 0 aromatic heterocycles. The molecule has 0 saturated carbocycles. The summed E-state index contributed by atoms with van der Waals surface area (Å²) >= 11 is 5.86. The Kier molecular flexibility index (Phi) is 7.19. The predicted octanol–water partition coefficient (Wildman–Crippen LogP) is 3.20. The summed E-state index contributed by atoms with van der Waals surface area (Å²) in [5.41, 5.74) is 6.86. The summed E-state index contributed by atoms with van der Waals surface area (Å²) in [4.78, 5) is 24.5. The third-order valence-electron chi connectivity index (χ3n) is 4.97. The lowest BCUT2D eigenvalue weighted by molar-refractivity contribution is -0.119. The number of hydrogen-bond donors (Lipinski definition) is 2. The molecule has 2 aromatic carbocycles. The quantitative estimate of drug-likeness (QED) is 0.499. The number of piperidine rings is 1. The molecule has 0 unspecified atom stereocenters. The van der Waals surface area contributed by atoms with Crippen LogP contribution >= 0.6 is 11.6 Å². The SMILES string of the molecule is Cc1ccc(NC(=O)COC(=O)c2cc(Cl)ccc2N)cc1S(=O)(=O)N1CCCCC1. The molecule has 3 rings (SSSR count). The van der Waals surface area contributed by atoms with Crippen molar-refractivity contribution < 1.29 is 22.7 Å². The number of nitrogen functional groups attached to an aromatic ring is 1. The largest absolute Gasteiger partial charge is 0.452 e. The van der Waals surface area contributed by atoms with E-state index in [-0.39, 0.29) is 16.1 Å². The lowest BCUT2D eigenvalue weighted by atomic mass is 10.2. The summed E-state index contributed by atoms with van der Waals surface area (Å²) in [5.74, 6) is -1.40. The molecule has 0 spiro atoms. The van der Waals surface area contributed by atoms with Crippen molar-refractivity contribution in [2.24, 2.45) is 0 Å². The third-order valence-corrected chi connectivity index (χ3v) is 7.25. The molecule has 8 nitrogen and oxygen atoms in total. The minimum Gasteiger partial charge on any atom is -0.452 e. The van der Waals surface area contributed by atoms with Crippen LogP contribution in [0.2, 0.25) is 5.02 Å². The number of sulfonamides is 1. The fraction of sp³-hybridized carbons (Fsp3) is 0.333. The molecule has 3 N–H and O–H groups in total. The first kappa shape index (κ1) is 23.1. The lowest BCUT2D eigenvalue weighted by Gasteiger charge is -2.26. The second kappa shape index (κ2) is 9.67. The molecule has 31 heavy (non-hydrogen) atoms. The Bertz CT molecular complexity index is 1100. The van der Waals surface area contributed by atoms with E-state index in [0.717, 1.165) is 19.3 Å². The number of nitrogens with one attached hydrogen (secondary N) is 1. The average Bonchev–Trinajstić information content (AvgIpc) is 2.75. The van der Waals surface area contributed by atoms with Gasteiger partial charge in [0.2, 0.25) is 10.0 Å². The first-order chi connectivity index (χ1) is 14.7. The van der Waals surface area contributed by atoms with E-state index in [2.05, 4.69) is 5.32 Å². The minimum atomic E-state index is -3.65. The van der Waals surface area contributed by atoms with Crippen LogP contribution in [0.4, 0.5) is 11.4 Å². The van der Waals surface area contributed by atoms with Gasteiger partial charge in [0.1, 0.15) is 0 Å². The van der Waals surface area contributed by atoms with Crippen LogP contribution in [0.3, 0.4) is 0 Å². The first-order valence-corrected chi connectivity index (χ1v) is 11.6. The van der Waals surface area contributed by atoms with E-state index < -0.39 is 28.5 Å². The van der Waals surface area contributed by atoms with Gasteiger partial charge >= 0.3 is 5.97 Å². The molecule has 0 aliphatic carbocycles. The Morgan fingerprint density at radius 2 is 1.84 bits per heavy atom. The Morgan fingerprint density at radius 1 is 1.13 bits per heavy atom. The van der Waals surface area contributed by atoms with Gasteiger partial charge in [-0.05, 0) is 55.7 Å². The van der Waals surface area contributed by atoms with Crippen LogP contribution in [0, 0.1) is 6.92 Å². The van der Waals surface area contributed by atoms with Crippen molar-refractivity contribution in [2.45, 2.75) is 31.1 Å². The van der Waals surface area contributed by atoms with Gasteiger partial charge in [0.25, 0.3) is 5.91 Å². The van der Waals surface area contributed by atoms with Gasteiger partial charge in [-0.3, -0.25) is 4.79 Å². The van der Waals surface area contributed by atoms with E-state index >= 15 is 0 Å². The number of carbonyl (C=O) groups excluding carboxylic acids is 2. The van der Waals surface area contributed by atoms with Gasteiger partial charge in [-0.2, -0.15) is 4.31 Å². The highest BCUT2D eigenvalue weighted by Gasteiger charge is 2.27. The summed E-state index contributed by atoms with van der Waals surface area (Å²) in [6, 6.07) is 9.01. The van der Waals surface area contributed by atoms with Crippen molar-refractivity contribution >= 4 is 44.9 Å². The van der Waals surface area contributed by atoms with E-state index in [1.54, 1.807) is 19.1 Å². The number of aryl methyl sites for hydroxylation is 1. The number of esters is 1. The Labute approximate surface area is 186 Å². The van der Waals surface area contributed by atoms with Gasteiger partial charge in [0.05, 0.1) is 10.5 Å². The number of nitrogens with two attached hydrogens (primary N) is 1. The van der Waals surface area contributed by atoms with Crippen LogP contribution in [0.15, 0.2) is 41.3 Å². The van der Waals surface area contributed by atoms with Crippen LogP contribution in [0.1, 0.15) is 35.2 Å². The number of ether oxygens (including phenoxy) is 1. The van der Waals surface area contributed by atoms with Crippen LogP contribution < -0.4 is 11.1 Å². The van der Waals surface area contributed by atoms with Crippen molar-refractivity contribution in [1.82, 2.24) is 4.31 Å². The summed E-state index contributed by atoms with van der Waals surface area (Å²) in [7, 11) is -3.65. The number of amides is 1. The standard InChI is InChI=1S/C21H24ClN3O5S/c1-14-5-7-16(12-19(14)31(28,29)25-9-3-2-4-10-25)24-20(26)13-30-21(27)17-11-15(22)6-8-18(17)23/h5-8,11-12H,2-4,9-10,13,23H2,1H3,(H,24,26). The van der Waals surface area contributed by atoms with Crippen molar-refractivity contribution in [3.63, 3.8) is 0 Å². The Hall–Kier alpha value is -2.62. The second-order valence-electron chi connectivity index (χ2n) is 7.30. The van der Waals surface area contributed by atoms with Gasteiger partial charge in [-0.15, -0.1) is 0 Å². The van der Waals surface area contributed by atoms with E-state index in [9.17, 15) is 18.0 Å². The van der Waals surface area contributed by atoms with Crippen LogP contribution in [-0.2, 0) is 19.6 Å². The normalized spacial score (nSPS) is 14.8. The predicted molar refractivity (Wildman–Crippen MR) is 119 cm³/mol. The van der Waals surface area contributed by atoms with E-state index in [4.69, 9.17) is 22.1 Å². The Morgan fingerprint density at radius 3 is 2.55 bits per heavy atom. The molecule has 1 aliphatic heterocycles. The molecule has 1 heterocycles. The zero-order valence-corrected chi connectivity index (χ0v) is 18.6. The first-order valence-electron chi connectivity index (χ1n) is 9.81. The number of hydrogen-bond acceptors (Lipinski definition) is 6. The van der Waals surface area contributed by atoms with E-state index in [0.29, 0.717) is 29.4 Å². The average molecular weight is 466 g/mol. The van der Waals surface area contributed by atoms with Crippen molar-refractivity contribution in [3.8, 4) is 0 Å². The molecule has 1 aliphatic rings. The maximum Gasteiger partial charge on any atom is 0.340 e. The highest BCUT2D eigenvalue weighted by Crippen LogP contribution is 2.26. The molecular weight excluding hydrogens is 442 g/mol. The smallest absolute Gasteiger partial charge is 0.340 e. The van der Waals surface area contributed by atoms with Crippen LogP contribution in [-0.4, -0.2) is 44.3 Å². The van der Waals surface area contributed by atoms with Gasteiger partial charge in [-0.1, -0.05) is 24.1 Å². The summed E-state index contributed by atoms with van der Waals surface area (Å²) in [6.45, 7) is 2.12. The highest BCUT2D eigenvalue weighted by atomic mass is 35.5. The molecule has 1 saturated heterocycles. The van der Waals surface area contributed by atoms with E-state index in [1.165, 1.54) is 28.6 Å². The minimum absolute atomic E-state index is 0.0607. The number of benzene rings is 2. The summed E-state index contributed by atoms with van der Waals surface area (Å²) < 4.78 is 32.5. The zero-order chi connectivity index (χ0) is 22.6.